The first-order valence-corrected chi connectivity index (χ1v) is 7.75. The SMILES string of the molecule is C=CCn1nc(C(=O)O)c2c1CC[C@@H](NCc1cc(C)[nH]n1)C2. The number of nitrogens with zero attached hydrogens (tertiary/aromatic N) is 3. The summed E-state index contributed by atoms with van der Waals surface area (Å²) >= 11 is 0. The zero-order valence-corrected chi connectivity index (χ0v) is 13.2. The quantitative estimate of drug-likeness (QED) is 0.701. The Kier molecular flexibility index (Phi) is 4.29. The molecule has 0 saturated heterocycles. The molecule has 0 spiro atoms. The minimum atomic E-state index is -0.965. The zero-order valence-electron chi connectivity index (χ0n) is 13.2. The standard InChI is InChI=1S/C16H21N5O2/c1-3-6-21-14-5-4-11(8-13(14)15(20-21)16(22)23)17-9-12-7-10(2)18-19-12/h3,7,11,17H,1,4-6,8-9H2,2H3,(H,18,19)(H,22,23)/t11-/m1/s1. The summed E-state index contributed by atoms with van der Waals surface area (Å²) in [6.45, 7) is 6.89. The third kappa shape index (κ3) is 3.19. The van der Waals surface area contributed by atoms with Gasteiger partial charge in [0.2, 0.25) is 0 Å². The number of carbonyl (C=O) groups is 1. The van der Waals surface area contributed by atoms with Crippen LogP contribution in [0.15, 0.2) is 18.7 Å². The van der Waals surface area contributed by atoms with Gasteiger partial charge in [-0.15, -0.1) is 6.58 Å². The first-order chi connectivity index (χ1) is 11.1. The minimum absolute atomic E-state index is 0.170. The number of aromatic nitrogens is 4. The van der Waals surface area contributed by atoms with E-state index in [0.29, 0.717) is 19.5 Å². The highest BCUT2D eigenvalue weighted by Crippen LogP contribution is 2.25. The number of fused-ring (bicyclic) bond motifs is 1. The lowest BCUT2D eigenvalue weighted by atomic mass is 9.91. The number of carboxylic acids is 1. The van der Waals surface area contributed by atoms with Crippen LogP contribution in [0.5, 0.6) is 0 Å². The number of aromatic carboxylic acids is 1. The van der Waals surface area contributed by atoms with E-state index in [1.165, 1.54) is 0 Å². The summed E-state index contributed by atoms with van der Waals surface area (Å²) < 4.78 is 1.76. The fourth-order valence-corrected chi connectivity index (χ4v) is 3.12. The van der Waals surface area contributed by atoms with Gasteiger partial charge in [0.1, 0.15) is 0 Å². The van der Waals surface area contributed by atoms with Crippen molar-refractivity contribution >= 4 is 5.97 Å². The van der Waals surface area contributed by atoms with Gasteiger partial charge in [-0.05, 0) is 32.3 Å². The van der Waals surface area contributed by atoms with Gasteiger partial charge in [0.15, 0.2) is 5.69 Å². The Bertz CT molecular complexity index is 731. The van der Waals surface area contributed by atoms with E-state index >= 15 is 0 Å². The summed E-state index contributed by atoms with van der Waals surface area (Å²) in [5.41, 5.74) is 4.04. The van der Waals surface area contributed by atoms with Gasteiger partial charge >= 0.3 is 5.97 Å². The van der Waals surface area contributed by atoms with Crippen molar-refractivity contribution in [2.45, 2.75) is 45.3 Å². The van der Waals surface area contributed by atoms with E-state index in [0.717, 1.165) is 35.5 Å². The maximum absolute atomic E-state index is 11.4. The lowest BCUT2D eigenvalue weighted by Crippen LogP contribution is -2.35. The molecule has 7 heteroatoms. The second-order valence-electron chi connectivity index (χ2n) is 5.91. The third-order valence-corrected chi connectivity index (χ3v) is 4.18. The second-order valence-corrected chi connectivity index (χ2v) is 5.91. The molecule has 3 rings (SSSR count). The van der Waals surface area contributed by atoms with Gasteiger partial charge < -0.3 is 10.4 Å². The molecule has 0 fully saturated rings. The molecule has 3 N–H and O–H groups in total. The number of allylic oxidation sites excluding steroid dienone is 1. The predicted molar refractivity (Wildman–Crippen MR) is 85.4 cm³/mol. The number of H-pyrrole nitrogens is 1. The molecule has 2 heterocycles. The fourth-order valence-electron chi connectivity index (χ4n) is 3.12. The molecule has 2 aromatic rings. The van der Waals surface area contributed by atoms with Crippen LogP contribution >= 0.6 is 0 Å². The molecule has 0 aliphatic heterocycles. The lowest BCUT2D eigenvalue weighted by Gasteiger charge is -2.24. The molecule has 7 nitrogen and oxygen atoms in total. The highest BCUT2D eigenvalue weighted by molar-refractivity contribution is 5.87. The molecular formula is C16H21N5O2. The van der Waals surface area contributed by atoms with E-state index in [-0.39, 0.29) is 11.7 Å². The Morgan fingerprint density at radius 2 is 2.48 bits per heavy atom. The molecule has 0 saturated carbocycles. The van der Waals surface area contributed by atoms with E-state index in [9.17, 15) is 9.90 Å². The summed E-state index contributed by atoms with van der Waals surface area (Å²) in [6, 6.07) is 2.24. The number of carboxylic acid groups (broad SMARTS) is 1. The van der Waals surface area contributed by atoms with Gasteiger partial charge in [0.25, 0.3) is 0 Å². The number of aromatic amines is 1. The molecule has 0 bridgehead atoms. The Morgan fingerprint density at radius 1 is 1.65 bits per heavy atom. The van der Waals surface area contributed by atoms with Gasteiger partial charge in [-0.1, -0.05) is 6.08 Å². The minimum Gasteiger partial charge on any atom is -0.476 e. The molecule has 122 valence electrons. The molecule has 0 radical (unpaired) electrons. The molecule has 0 aromatic carbocycles. The summed E-state index contributed by atoms with van der Waals surface area (Å²) in [5, 5.41) is 24.2. The third-order valence-electron chi connectivity index (χ3n) is 4.18. The molecule has 1 aliphatic carbocycles. The van der Waals surface area contributed by atoms with Gasteiger partial charge in [0, 0.05) is 29.5 Å². The monoisotopic (exact) mass is 315 g/mol. The molecule has 0 unspecified atom stereocenters. The first kappa shape index (κ1) is 15.5. The normalized spacial score (nSPS) is 17.0. The lowest BCUT2D eigenvalue weighted by molar-refractivity contribution is 0.0688. The maximum Gasteiger partial charge on any atom is 0.356 e. The Labute approximate surface area is 134 Å². The van der Waals surface area contributed by atoms with E-state index < -0.39 is 5.97 Å². The summed E-state index contributed by atoms with van der Waals surface area (Å²) in [5.74, 6) is -0.965. The fraction of sp³-hybridized carbons (Fsp3) is 0.438. The maximum atomic E-state index is 11.4. The zero-order chi connectivity index (χ0) is 16.4. The molecule has 1 aliphatic rings. The van der Waals surface area contributed by atoms with Crippen LogP contribution in [0.1, 0.15) is 39.6 Å². The molecule has 2 aromatic heterocycles. The van der Waals surface area contributed by atoms with Crippen LogP contribution in [0, 0.1) is 6.92 Å². The van der Waals surface area contributed by atoms with Gasteiger partial charge in [-0.3, -0.25) is 9.78 Å². The van der Waals surface area contributed by atoms with Gasteiger partial charge in [0.05, 0.1) is 12.2 Å². The Balaban J connectivity index is 1.74. The number of aryl methyl sites for hydroxylation is 1. The number of nitrogens with one attached hydrogen (secondary N) is 2. The molecule has 1 atom stereocenters. The van der Waals surface area contributed by atoms with Gasteiger partial charge in [-0.2, -0.15) is 10.2 Å². The van der Waals surface area contributed by atoms with Crippen molar-refractivity contribution in [2.75, 3.05) is 0 Å². The van der Waals surface area contributed by atoms with Crippen LogP contribution in [-0.4, -0.2) is 37.1 Å². The van der Waals surface area contributed by atoms with E-state index in [1.807, 2.05) is 13.0 Å². The summed E-state index contributed by atoms with van der Waals surface area (Å²) in [6.07, 6.45) is 4.19. The summed E-state index contributed by atoms with van der Waals surface area (Å²) in [4.78, 5) is 11.4. The van der Waals surface area contributed by atoms with Crippen LogP contribution < -0.4 is 5.32 Å². The summed E-state index contributed by atoms with van der Waals surface area (Å²) in [7, 11) is 0. The van der Waals surface area contributed by atoms with E-state index in [2.05, 4.69) is 27.2 Å². The number of hydrogen-bond donors (Lipinski definition) is 3. The average Bonchev–Trinajstić information content (AvgIpc) is 3.09. The molecule has 23 heavy (non-hydrogen) atoms. The van der Waals surface area contributed by atoms with Crippen molar-refractivity contribution in [3.05, 3.63) is 47.1 Å². The molecule has 0 amide bonds. The van der Waals surface area contributed by atoms with E-state index in [1.54, 1.807) is 10.8 Å². The smallest absolute Gasteiger partial charge is 0.356 e. The van der Waals surface area contributed by atoms with Crippen molar-refractivity contribution in [3.8, 4) is 0 Å². The van der Waals surface area contributed by atoms with Crippen molar-refractivity contribution in [1.82, 2.24) is 25.3 Å². The van der Waals surface area contributed by atoms with Crippen LogP contribution in [0.2, 0.25) is 0 Å². The highest BCUT2D eigenvalue weighted by atomic mass is 16.4. The van der Waals surface area contributed by atoms with Gasteiger partial charge in [-0.25, -0.2) is 4.79 Å². The predicted octanol–water partition coefficient (Wildman–Crippen LogP) is 1.45. The van der Waals surface area contributed by atoms with Crippen molar-refractivity contribution in [2.24, 2.45) is 0 Å². The highest BCUT2D eigenvalue weighted by Gasteiger charge is 2.28. The Hall–Kier alpha value is -2.41. The molecular weight excluding hydrogens is 294 g/mol. The first-order valence-electron chi connectivity index (χ1n) is 7.75. The van der Waals surface area contributed by atoms with Crippen LogP contribution in [0.3, 0.4) is 0 Å². The Morgan fingerprint density at radius 3 is 3.13 bits per heavy atom. The van der Waals surface area contributed by atoms with Crippen LogP contribution in [0.4, 0.5) is 0 Å². The largest absolute Gasteiger partial charge is 0.476 e. The van der Waals surface area contributed by atoms with E-state index in [4.69, 9.17) is 0 Å². The number of rotatable bonds is 6. The van der Waals surface area contributed by atoms with Crippen LogP contribution in [-0.2, 0) is 25.9 Å². The van der Waals surface area contributed by atoms with Crippen molar-refractivity contribution < 1.29 is 9.90 Å². The van der Waals surface area contributed by atoms with Crippen molar-refractivity contribution in [3.63, 3.8) is 0 Å². The topological polar surface area (TPSA) is 95.8 Å². The number of hydrogen-bond acceptors (Lipinski definition) is 4. The van der Waals surface area contributed by atoms with Crippen LogP contribution in [0.25, 0.3) is 0 Å². The van der Waals surface area contributed by atoms with Crippen molar-refractivity contribution in [1.29, 1.82) is 0 Å². The second kappa shape index (κ2) is 6.37. The average molecular weight is 315 g/mol.